The Bertz CT molecular complexity index is 246. The SMILES string of the molecule is CCC(O)[C@H]1O[C@@H]2OC(C)(C)OC2[C@@H]1F. The van der Waals surface area contributed by atoms with Crippen molar-refractivity contribution in [3.8, 4) is 0 Å². The summed E-state index contributed by atoms with van der Waals surface area (Å²) in [6, 6.07) is 0. The van der Waals surface area contributed by atoms with Crippen LogP contribution in [-0.4, -0.2) is 41.7 Å². The van der Waals surface area contributed by atoms with Gasteiger partial charge < -0.3 is 19.3 Å². The summed E-state index contributed by atoms with van der Waals surface area (Å²) in [6.45, 7) is 5.21. The summed E-state index contributed by atoms with van der Waals surface area (Å²) in [4.78, 5) is 0. The maximum Gasteiger partial charge on any atom is 0.190 e. The van der Waals surface area contributed by atoms with Crippen molar-refractivity contribution in [2.45, 2.75) is 63.8 Å². The van der Waals surface area contributed by atoms with Crippen LogP contribution in [0.3, 0.4) is 0 Å². The van der Waals surface area contributed by atoms with E-state index in [0.29, 0.717) is 6.42 Å². The van der Waals surface area contributed by atoms with Crippen molar-refractivity contribution < 1.29 is 23.7 Å². The van der Waals surface area contributed by atoms with Crippen molar-refractivity contribution in [3.63, 3.8) is 0 Å². The minimum Gasteiger partial charge on any atom is -0.390 e. The molecule has 15 heavy (non-hydrogen) atoms. The van der Waals surface area contributed by atoms with Crippen molar-refractivity contribution in [2.24, 2.45) is 0 Å². The highest BCUT2D eigenvalue weighted by Gasteiger charge is 2.56. The summed E-state index contributed by atoms with van der Waals surface area (Å²) in [5.74, 6) is -0.804. The maximum atomic E-state index is 13.8. The summed E-state index contributed by atoms with van der Waals surface area (Å²) in [6.07, 6.45) is -3.92. The predicted octanol–water partition coefficient (Wildman–Crippen LogP) is 0.972. The Morgan fingerprint density at radius 1 is 1.40 bits per heavy atom. The molecule has 0 aromatic heterocycles. The molecule has 88 valence electrons. The van der Waals surface area contributed by atoms with Gasteiger partial charge in [0.15, 0.2) is 18.2 Å². The maximum absolute atomic E-state index is 13.8. The fourth-order valence-electron chi connectivity index (χ4n) is 2.03. The van der Waals surface area contributed by atoms with E-state index in [4.69, 9.17) is 14.2 Å². The van der Waals surface area contributed by atoms with Crippen LogP contribution in [0.2, 0.25) is 0 Å². The summed E-state index contributed by atoms with van der Waals surface area (Å²) in [7, 11) is 0. The molecule has 0 aromatic carbocycles. The first-order valence-electron chi connectivity index (χ1n) is 5.28. The highest BCUT2D eigenvalue weighted by Crippen LogP contribution is 2.39. The van der Waals surface area contributed by atoms with Gasteiger partial charge in [-0.1, -0.05) is 6.92 Å². The molecule has 5 atom stereocenters. The molecule has 4 nitrogen and oxygen atoms in total. The molecule has 2 saturated heterocycles. The molecule has 2 unspecified atom stereocenters. The van der Waals surface area contributed by atoms with Gasteiger partial charge in [-0.25, -0.2) is 4.39 Å². The number of aliphatic hydroxyl groups is 1. The fraction of sp³-hybridized carbons (Fsp3) is 1.00. The minimum atomic E-state index is -1.33. The second-order valence-corrected chi connectivity index (χ2v) is 4.49. The molecule has 0 aliphatic carbocycles. The van der Waals surface area contributed by atoms with Crippen LogP contribution in [0.4, 0.5) is 4.39 Å². The Balaban J connectivity index is 2.05. The van der Waals surface area contributed by atoms with E-state index in [0.717, 1.165) is 0 Å². The topological polar surface area (TPSA) is 47.9 Å². The van der Waals surface area contributed by atoms with Crippen LogP contribution in [0.15, 0.2) is 0 Å². The Hall–Kier alpha value is -0.230. The van der Waals surface area contributed by atoms with Gasteiger partial charge in [0.05, 0.1) is 6.10 Å². The molecule has 2 heterocycles. The largest absolute Gasteiger partial charge is 0.390 e. The molecule has 0 bridgehead atoms. The number of halogens is 1. The third kappa shape index (κ3) is 1.89. The van der Waals surface area contributed by atoms with E-state index in [1.54, 1.807) is 20.8 Å². The molecule has 0 radical (unpaired) electrons. The monoisotopic (exact) mass is 220 g/mol. The van der Waals surface area contributed by atoms with E-state index in [1.165, 1.54) is 0 Å². The number of aliphatic hydroxyl groups excluding tert-OH is 1. The lowest BCUT2D eigenvalue weighted by Gasteiger charge is -2.24. The van der Waals surface area contributed by atoms with Crippen molar-refractivity contribution in [2.75, 3.05) is 0 Å². The molecular weight excluding hydrogens is 203 g/mol. The third-order valence-electron chi connectivity index (χ3n) is 2.80. The highest BCUT2D eigenvalue weighted by molar-refractivity contribution is 4.95. The fourth-order valence-corrected chi connectivity index (χ4v) is 2.03. The lowest BCUT2D eigenvalue weighted by Crippen LogP contribution is -2.38. The second-order valence-electron chi connectivity index (χ2n) is 4.49. The number of rotatable bonds is 2. The van der Waals surface area contributed by atoms with Gasteiger partial charge in [-0.3, -0.25) is 0 Å². The summed E-state index contributed by atoms with van der Waals surface area (Å²) >= 11 is 0. The summed E-state index contributed by atoms with van der Waals surface area (Å²) < 4.78 is 29.9. The molecule has 2 fully saturated rings. The van der Waals surface area contributed by atoms with Crippen LogP contribution < -0.4 is 0 Å². The van der Waals surface area contributed by atoms with Crippen LogP contribution in [0.5, 0.6) is 0 Å². The third-order valence-corrected chi connectivity index (χ3v) is 2.80. The van der Waals surface area contributed by atoms with Crippen molar-refractivity contribution >= 4 is 0 Å². The molecular formula is C10H17FO4. The average molecular weight is 220 g/mol. The van der Waals surface area contributed by atoms with Gasteiger partial charge >= 0.3 is 0 Å². The number of fused-ring (bicyclic) bond motifs is 1. The minimum absolute atomic E-state index is 0.452. The van der Waals surface area contributed by atoms with Crippen molar-refractivity contribution in [1.29, 1.82) is 0 Å². The van der Waals surface area contributed by atoms with E-state index in [9.17, 15) is 9.50 Å². The average Bonchev–Trinajstić information content (AvgIpc) is 2.60. The molecule has 0 aromatic rings. The lowest BCUT2D eigenvalue weighted by atomic mass is 10.1. The Morgan fingerprint density at radius 2 is 2.07 bits per heavy atom. The number of alkyl halides is 1. The summed E-state index contributed by atoms with van der Waals surface area (Å²) in [5, 5.41) is 9.54. The molecule has 2 rings (SSSR count). The molecule has 2 aliphatic heterocycles. The van der Waals surface area contributed by atoms with E-state index >= 15 is 0 Å². The van der Waals surface area contributed by atoms with E-state index in [1.807, 2.05) is 0 Å². The van der Waals surface area contributed by atoms with Crippen LogP contribution >= 0.6 is 0 Å². The van der Waals surface area contributed by atoms with Gasteiger partial charge in [0.25, 0.3) is 0 Å². The van der Waals surface area contributed by atoms with Gasteiger partial charge in [-0.05, 0) is 20.3 Å². The number of hydrogen-bond acceptors (Lipinski definition) is 4. The van der Waals surface area contributed by atoms with Gasteiger partial charge in [0.2, 0.25) is 0 Å². The lowest BCUT2D eigenvalue weighted by molar-refractivity contribution is -0.221. The van der Waals surface area contributed by atoms with E-state index in [-0.39, 0.29) is 0 Å². The molecule has 0 saturated carbocycles. The zero-order valence-electron chi connectivity index (χ0n) is 9.14. The standard InChI is InChI=1S/C10H17FO4/c1-4-5(12)7-6(11)8-9(13-7)15-10(2,3)14-8/h5-9,12H,4H2,1-3H3/t5?,6-,7-,8?,9-/m1/s1. The molecule has 0 amide bonds. The van der Waals surface area contributed by atoms with E-state index < -0.39 is 36.6 Å². The normalized spacial score (nSPS) is 45.4. The van der Waals surface area contributed by atoms with Gasteiger partial charge in [0, 0.05) is 0 Å². The zero-order valence-corrected chi connectivity index (χ0v) is 9.14. The van der Waals surface area contributed by atoms with Crippen LogP contribution in [0.1, 0.15) is 27.2 Å². The second kappa shape index (κ2) is 3.66. The number of hydrogen-bond donors (Lipinski definition) is 1. The Kier molecular flexibility index (Phi) is 2.75. The highest BCUT2D eigenvalue weighted by atomic mass is 19.1. The van der Waals surface area contributed by atoms with Gasteiger partial charge in [-0.2, -0.15) is 0 Å². The molecule has 5 heteroatoms. The smallest absolute Gasteiger partial charge is 0.190 e. The first-order valence-corrected chi connectivity index (χ1v) is 5.28. The zero-order chi connectivity index (χ0) is 11.2. The number of ether oxygens (including phenoxy) is 3. The van der Waals surface area contributed by atoms with Crippen LogP contribution in [0.25, 0.3) is 0 Å². The summed E-state index contributed by atoms with van der Waals surface area (Å²) in [5.41, 5.74) is 0. The van der Waals surface area contributed by atoms with Crippen LogP contribution in [-0.2, 0) is 14.2 Å². The Morgan fingerprint density at radius 3 is 2.60 bits per heavy atom. The predicted molar refractivity (Wildman–Crippen MR) is 49.9 cm³/mol. The quantitative estimate of drug-likeness (QED) is 0.753. The molecule has 1 N–H and O–H groups in total. The van der Waals surface area contributed by atoms with Gasteiger partial charge in [-0.15, -0.1) is 0 Å². The van der Waals surface area contributed by atoms with Gasteiger partial charge in [0.1, 0.15) is 12.2 Å². The molecule has 0 spiro atoms. The Labute approximate surface area is 88.3 Å². The first kappa shape index (κ1) is 11.3. The van der Waals surface area contributed by atoms with Crippen molar-refractivity contribution in [3.05, 3.63) is 0 Å². The van der Waals surface area contributed by atoms with Crippen LogP contribution in [0, 0.1) is 0 Å². The first-order chi connectivity index (χ1) is 6.94. The molecule has 2 aliphatic rings. The van der Waals surface area contributed by atoms with E-state index in [2.05, 4.69) is 0 Å². The van der Waals surface area contributed by atoms with Crippen molar-refractivity contribution in [1.82, 2.24) is 0 Å².